The SMILES string of the molecule is CCc1ccccc1NC(=O)CSc1nnc([C@@H](C)NC(=O)c2ccc(Cl)cc2Cl)n1CC. The van der Waals surface area contributed by atoms with Gasteiger partial charge in [0.1, 0.15) is 0 Å². The molecule has 2 amide bonds. The van der Waals surface area contributed by atoms with Crippen molar-refractivity contribution in [3.63, 3.8) is 0 Å². The Kier molecular flexibility index (Phi) is 8.77. The minimum absolute atomic E-state index is 0.119. The minimum atomic E-state index is -0.420. The summed E-state index contributed by atoms with van der Waals surface area (Å²) in [7, 11) is 0. The third kappa shape index (κ3) is 6.28. The smallest absolute Gasteiger partial charge is 0.253 e. The van der Waals surface area contributed by atoms with E-state index in [4.69, 9.17) is 23.2 Å². The number of para-hydroxylation sites is 1. The van der Waals surface area contributed by atoms with Gasteiger partial charge in [-0.1, -0.05) is 60.1 Å². The van der Waals surface area contributed by atoms with E-state index >= 15 is 0 Å². The molecule has 0 unspecified atom stereocenters. The van der Waals surface area contributed by atoms with E-state index in [9.17, 15) is 9.59 Å². The third-order valence-electron chi connectivity index (χ3n) is 4.98. The Bertz CT molecular complexity index is 1150. The molecule has 7 nitrogen and oxygen atoms in total. The molecular weight excluding hydrogens is 481 g/mol. The van der Waals surface area contributed by atoms with E-state index in [-0.39, 0.29) is 22.6 Å². The van der Waals surface area contributed by atoms with Crippen LogP contribution >= 0.6 is 35.0 Å². The van der Waals surface area contributed by atoms with Crippen molar-refractivity contribution in [3.8, 4) is 0 Å². The second-order valence-electron chi connectivity index (χ2n) is 7.25. The second-order valence-corrected chi connectivity index (χ2v) is 9.04. The lowest BCUT2D eigenvalue weighted by molar-refractivity contribution is -0.113. The summed E-state index contributed by atoms with van der Waals surface area (Å²) in [5.74, 6) is 0.331. The summed E-state index contributed by atoms with van der Waals surface area (Å²) in [6, 6.07) is 12.0. The average molecular weight is 506 g/mol. The number of aryl methyl sites for hydroxylation is 1. The fraction of sp³-hybridized carbons (Fsp3) is 0.304. The predicted octanol–water partition coefficient (Wildman–Crippen LogP) is 5.39. The maximum atomic E-state index is 12.7. The maximum Gasteiger partial charge on any atom is 0.253 e. The van der Waals surface area contributed by atoms with Gasteiger partial charge in [-0.25, -0.2) is 0 Å². The molecule has 0 fully saturated rings. The Morgan fingerprint density at radius 3 is 2.58 bits per heavy atom. The fourth-order valence-electron chi connectivity index (χ4n) is 3.30. The van der Waals surface area contributed by atoms with Crippen LogP contribution in [0.5, 0.6) is 0 Å². The number of anilines is 1. The van der Waals surface area contributed by atoms with Gasteiger partial charge in [0.2, 0.25) is 5.91 Å². The number of amides is 2. The molecule has 2 aromatic carbocycles. The van der Waals surface area contributed by atoms with Gasteiger partial charge in [-0.2, -0.15) is 0 Å². The van der Waals surface area contributed by atoms with Crippen LogP contribution in [-0.4, -0.2) is 32.3 Å². The molecular formula is C23H25Cl2N5O2S. The first-order chi connectivity index (χ1) is 15.8. The van der Waals surface area contributed by atoms with Gasteiger partial charge in [0.15, 0.2) is 11.0 Å². The molecule has 174 valence electrons. The van der Waals surface area contributed by atoms with Crippen molar-refractivity contribution in [1.82, 2.24) is 20.1 Å². The van der Waals surface area contributed by atoms with Crippen molar-refractivity contribution < 1.29 is 9.59 Å². The number of benzene rings is 2. The summed E-state index contributed by atoms with van der Waals surface area (Å²) in [5, 5.41) is 15.7. The number of rotatable bonds is 9. The van der Waals surface area contributed by atoms with Crippen LogP contribution in [-0.2, 0) is 17.8 Å². The lowest BCUT2D eigenvalue weighted by atomic mass is 10.1. The number of nitrogens with zero attached hydrogens (tertiary/aromatic N) is 3. The molecule has 2 N–H and O–H groups in total. The van der Waals surface area contributed by atoms with Gasteiger partial charge >= 0.3 is 0 Å². The number of hydrogen-bond acceptors (Lipinski definition) is 5. The number of nitrogens with one attached hydrogen (secondary N) is 2. The van der Waals surface area contributed by atoms with Crippen molar-refractivity contribution in [2.45, 2.75) is 44.9 Å². The van der Waals surface area contributed by atoms with Gasteiger partial charge in [0.25, 0.3) is 5.91 Å². The molecule has 0 aliphatic heterocycles. The monoisotopic (exact) mass is 505 g/mol. The van der Waals surface area contributed by atoms with Gasteiger partial charge in [-0.15, -0.1) is 10.2 Å². The van der Waals surface area contributed by atoms with Crippen LogP contribution < -0.4 is 10.6 Å². The second kappa shape index (κ2) is 11.5. The number of halogens is 2. The van der Waals surface area contributed by atoms with Gasteiger partial charge in [-0.3, -0.25) is 9.59 Å². The summed E-state index contributed by atoms with van der Waals surface area (Å²) < 4.78 is 1.88. The van der Waals surface area contributed by atoms with E-state index < -0.39 is 6.04 Å². The maximum absolute atomic E-state index is 12.7. The fourth-order valence-corrected chi connectivity index (χ4v) is 4.61. The molecule has 1 heterocycles. The molecule has 0 saturated heterocycles. The summed E-state index contributed by atoms with van der Waals surface area (Å²) in [5.41, 5.74) is 2.23. The van der Waals surface area contributed by atoms with Crippen molar-refractivity contribution in [1.29, 1.82) is 0 Å². The Labute approximate surface area is 207 Å². The summed E-state index contributed by atoms with van der Waals surface area (Å²) in [4.78, 5) is 25.1. The molecule has 3 rings (SSSR count). The van der Waals surface area contributed by atoms with Crippen molar-refractivity contribution >= 4 is 52.5 Å². The number of aromatic nitrogens is 3. The van der Waals surface area contributed by atoms with Crippen molar-refractivity contribution in [2.75, 3.05) is 11.1 Å². The lowest BCUT2D eigenvalue weighted by Crippen LogP contribution is -2.29. The van der Waals surface area contributed by atoms with Gasteiger partial charge < -0.3 is 15.2 Å². The Hall–Kier alpha value is -2.55. The molecule has 33 heavy (non-hydrogen) atoms. The quantitative estimate of drug-likeness (QED) is 0.380. The molecule has 0 aliphatic carbocycles. The number of thioether (sulfide) groups is 1. The van der Waals surface area contributed by atoms with Crippen LogP contribution in [0.15, 0.2) is 47.6 Å². The van der Waals surface area contributed by atoms with E-state index in [1.54, 1.807) is 12.1 Å². The normalized spacial score (nSPS) is 11.8. The van der Waals surface area contributed by atoms with E-state index in [2.05, 4.69) is 20.8 Å². The van der Waals surface area contributed by atoms with Crippen LogP contribution in [0.4, 0.5) is 5.69 Å². The molecule has 3 aromatic rings. The molecule has 1 aromatic heterocycles. The highest BCUT2D eigenvalue weighted by molar-refractivity contribution is 7.99. The van der Waals surface area contributed by atoms with Crippen LogP contribution in [0.1, 0.15) is 48.6 Å². The molecule has 0 aliphatic rings. The largest absolute Gasteiger partial charge is 0.342 e. The van der Waals surface area contributed by atoms with E-state index in [1.165, 1.54) is 17.8 Å². The number of hydrogen-bond donors (Lipinski definition) is 2. The van der Waals surface area contributed by atoms with Crippen LogP contribution in [0.2, 0.25) is 10.0 Å². The van der Waals surface area contributed by atoms with Crippen molar-refractivity contribution in [2.24, 2.45) is 0 Å². The zero-order valence-electron chi connectivity index (χ0n) is 18.6. The Morgan fingerprint density at radius 2 is 1.88 bits per heavy atom. The molecule has 0 radical (unpaired) electrons. The number of carbonyl (C=O) groups is 2. The predicted molar refractivity (Wildman–Crippen MR) is 133 cm³/mol. The first kappa shape index (κ1) is 25.1. The first-order valence-electron chi connectivity index (χ1n) is 10.5. The molecule has 0 spiro atoms. The minimum Gasteiger partial charge on any atom is -0.342 e. The molecule has 10 heteroatoms. The van der Waals surface area contributed by atoms with Gasteiger partial charge in [0, 0.05) is 17.3 Å². The average Bonchev–Trinajstić information content (AvgIpc) is 3.21. The van der Waals surface area contributed by atoms with Crippen LogP contribution in [0, 0.1) is 0 Å². The van der Waals surface area contributed by atoms with E-state index in [0.29, 0.717) is 28.1 Å². The molecule has 0 bridgehead atoms. The Balaban J connectivity index is 1.65. The van der Waals surface area contributed by atoms with Gasteiger partial charge in [0.05, 0.1) is 22.4 Å². The zero-order chi connectivity index (χ0) is 24.0. The van der Waals surface area contributed by atoms with Crippen LogP contribution in [0.25, 0.3) is 0 Å². The number of carbonyl (C=O) groups excluding carboxylic acids is 2. The highest BCUT2D eigenvalue weighted by Crippen LogP contribution is 2.24. The first-order valence-corrected chi connectivity index (χ1v) is 12.3. The highest BCUT2D eigenvalue weighted by Gasteiger charge is 2.21. The van der Waals surface area contributed by atoms with Crippen LogP contribution in [0.3, 0.4) is 0 Å². The molecule has 1 atom stereocenters. The van der Waals surface area contributed by atoms with Gasteiger partial charge in [-0.05, 0) is 50.1 Å². The van der Waals surface area contributed by atoms with Crippen molar-refractivity contribution in [3.05, 3.63) is 69.5 Å². The standard InChI is InChI=1S/C23H25Cl2N5O2S/c1-4-15-8-6-7-9-19(15)27-20(31)13-33-23-29-28-21(30(23)5-2)14(3)26-22(32)17-11-10-16(24)12-18(17)25/h6-12,14H,4-5,13H2,1-3H3,(H,26,32)(H,27,31)/t14-/m1/s1. The third-order valence-corrected chi connectivity index (χ3v) is 6.49. The summed E-state index contributed by atoms with van der Waals surface area (Å²) >= 11 is 13.4. The van der Waals surface area contributed by atoms with E-state index in [0.717, 1.165) is 17.7 Å². The molecule has 0 saturated carbocycles. The highest BCUT2D eigenvalue weighted by atomic mass is 35.5. The summed E-state index contributed by atoms with van der Waals surface area (Å²) in [6.07, 6.45) is 0.835. The lowest BCUT2D eigenvalue weighted by Gasteiger charge is -2.15. The summed E-state index contributed by atoms with van der Waals surface area (Å²) in [6.45, 7) is 6.42. The zero-order valence-corrected chi connectivity index (χ0v) is 20.9. The topological polar surface area (TPSA) is 88.9 Å². The Morgan fingerprint density at radius 1 is 1.12 bits per heavy atom. The van der Waals surface area contributed by atoms with E-state index in [1.807, 2.05) is 49.6 Å².